The summed E-state index contributed by atoms with van der Waals surface area (Å²) in [7, 11) is 0. The van der Waals surface area contributed by atoms with Crippen LogP contribution in [-0.2, 0) is 20.6 Å². The molecule has 3 heterocycles. The third kappa shape index (κ3) is 4.28. The van der Waals surface area contributed by atoms with Crippen molar-refractivity contribution in [2.45, 2.75) is 25.4 Å². The standard InChI is InChI=1S/C21H23F3N4O3/c22-21(23,24)14-6-7-17(25-12-14)26-8-3-9-27(11-10-26)18(29)13-28-19(30)15-4-1-2-5-16(15)20(28)31/h1-2,6-7,12,15-16H,3-5,8-11,13H2/t15-,16-/m0/s1. The minimum atomic E-state index is -4.44. The number of hydrogen-bond acceptors (Lipinski definition) is 5. The monoisotopic (exact) mass is 436 g/mol. The first-order valence-electron chi connectivity index (χ1n) is 10.3. The Balaban J connectivity index is 1.36. The van der Waals surface area contributed by atoms with Crippen LogP contribution >= 0.6 is 0 Å². The van der Waals surface area contributed by atoms with Gasteiger partial charge >= 0.3 is 6.18 Å². The Labute approximate surface area is 177 Å². The first-order chi connectivity index (χ1) is 14.8. The second-order valence-electron chi connectivity index (χ2n) is 8.04. The Morgan fingerprint density at radius 1 is 1.00 bits per heavy atom. The van der Waals surface area contributed by atoms with Crippen molar-refractivity contribution < 1.29 is 27.6 Å². The number of likely N-dealkylation sites (tertiary alicyclic amines) is 1. The maximum atomic E-state index is 12.8. The zero-order valence-corrected chi connectivity index (χ0v) is 16.8. The summed E-state index contributed by atoms with van der Waals surface area (Å²) in [5.41, 5.74) is -0.807. The Morgan fingerprint density at radius 2 is 1.68 bits per heavy atom. The normalized spacial score (nSPS) is 24.4. The van der Waals surface area contributed by atoms with Crippen LogP contribution in [0.25, 0.3) is 0 Å². The van der Waals surface area contributed by atoms with E-state index in [1.807, 2.05) is 17.1 Å². The van der Waals surface area contributed by atoms with Gasteiger partial charge < -0.3 is 9.80 Å². The molecule has 4 rings (SSSR count). The number of pyridine rings is 1. The number of anilines is 1. The molecule has 1 aromatic rings. The van der Waals surface area contributed by atoms with Crippen LogP contribution < -0.4 is 4.90 Å². The van der Waals surface area contributed by atoms with E-state index in [9.17, 15) is 27.6 Å². The predicted molar refractivity (Wildman–Crippen MR) is 105 cm³/mol. The first kappa shape index (κ1) is 21.3. The first-order valence-corrected chi connectivity index (χ1v) is 10.3. The number of carbonyl (C=O) groups is 3. The second kappa shape index (κ2) is 8.32. The lowest BCUT2D eigenvalue weighted by atomic mass is 9.85. The fourth-order valence-electron chi connectivity index (χ4n) is 4.40. The smallest absolute Gasteiger partial charge is 0.355 e. The van der Waals surface area contributed by atoms with Crippen LogP contribution in [0, 0.1) is 11.8 Å². The predicted octanol–water partition coefficient (Wildman–Crippen LogP) is 2.09. The van der Waals surface area contributed by atoms with Crippen LogP contribution in [0.5, 0.6) is 0 Å². The molecule has 3 amide bonds. The summed E-state index contributed by atoms with van der Waals surface area (Å²) in [6, 6.07) is 2.33. The molecule has 0 bridgehead atoms. The van der Waals surface area contributed by atoms with E-state index >= 15 is 0 Å². The Hall–Kier alpha value is -2.91. The van der Waals surface area contributed by atoms with Crippen molar-refractivity contribution in [2.75, 3.05) is 37.6 Å². The van der Waals surface area contributed by atoms with E-state index in [1.54, 1.807) is 4.90 Å². The second-order valence-corrected chi connectivity index (χ2v) is 8.04. The van der Waals surface area contributed by atoms with Gasteiger partial charge in [-0.15, -0.1) is 0 Å². The van der Waals surface area contributed by atoms with E-state index in [2.05, 4.69) is 4.98 Å². The van der Waals surface area contributed by atoms with Gasteiger partial charge in [-0.2, -0.15) is 13.2 Å². The largest absolute Gasteiger partial charge is 0.417 e. The van der Waals surface area contributed by atoms with E-state index in [0.717, 1.165) is 17.2 Å². The average molecular weight is 436 g/mol. The molecule has 7 nitrogen and oxygen atoms in total. The van der Waals surface area contributed by atoms with E-state index in [1.165, 1.54) is 6.07 Å². The molecule has 0 saturated carbocycles. The van der Waals surface area contributed by atoms with E-state index < -0.39 is 11.7 Å². The number of amides is 3. The van der Waals surface area contributed by atoms with E-state index in [0.29, 0.717) is 51.3 Å². The molecule has 2 atom stereocenters. The van der Waals surface area contributed by atoms with Gasteiger partial charge in [0.2, 0.25) is 17.7 Å². The third-order valence-corrected chi connectivity index (χ3v) is 6.14. The van der Waals surface area contributed by atoms with E-state index in [-0.39, 0.29) is 36.1 Å². The molecule has 2 fully saturated rings. The lowest BCUT2D eigenvalue weighted by Gasteiger charge is -2.24. The third-order valence-electron chi connectivity index (χ3n) is 6.14. The molecular weight excluding hydrogens is 413 g/mol. The fourth-order valence-corrected chi connectivity index (χ4v) is 4.40. The van der Waals surface area contributed by atoms with Gasteiger partial charge in [0.15, 0.2) is 0 Å². The van der Waals surface area contributed by atoms with Crippen molar-refractivity contribution in [3.63, 3.8) is 0 Å². The number of alkyl halides is 3. The summed E-state index contributed by atoms with van der Waals surface area (Å²) >= 11 is 0. The van der Waals surface area contributed by atoms with Gasteiger partial charge in [0.05, 0.1) is 17.4 Å². The molecule has 3 aliphatic rings. The van der Waals surface area contributed by atoms with Gasteiger partial charge in [-0.3, -0.25) is 19.3 Å². The number of hydrogen-bond donors (Lipinski definition) is 0. The van der Waals surface area contributed by atoms with Crippen molar-refractivity contribution in [1.29, 1.82) is 0 Å². The summed E-state index contributed by atoms with van der Waals surface area (Å²) in [5.74, 6) is -1.16. The fraction of sp³-hybridized carbons (Fsp3) is 0.524. The molecule has 2 saturated heterocycles. The van der Waals surface area contributed by atoms with Crippen molar-refractivity contribution >= 4 is 23.5 Å². The molecule has 166 valence electrons. The molecule has 0 radical (unpaired) electrons. The minimum Gasteiger partial charge on any atom is -0.355 e. The van der Waals surface area contributed by atoms with Gasteiger partial charge in [0, 0.05) is 32.4 Å². The van der Waals surface area contributed by atoms with Crippen LogP contribution in [0.4, 0.5) is 19.0 Å². The number of carbonyl (C=O) groups excluding carboxylic acids is 3. The van der Waals surface area contributed by atoms with Crippen LogP contribution in [0.15, 0.2) is 30.5 Å². The van der Waals surface area contributed by atoms with Gasteiger partial charge in [0.1, 0.15) is 12.4 Å². The Morgan fingerprint density at radius 3 is 2.26 bits per heavy atom. The SMILES string of the molecule is O=C(CN1C(=O)[C@H]2CC=CC[C@@H]2C1=O)N1CCCN(c2ccc(C(F)(F)F)cn2)CC1. The van der Waals surface area contributed by atoms with Gasteiger partial charge in [0.25, 0.3) is 0 Å². The number of allylic oxidation sites excluding steroid dienone is 2. The van der Waals surface area contributed by atoms with E-state index in [4.69, 9.17) is 0 Å². The molecule has 31 heavy (non-hydrogen) atoms. The lowest BCUT2D eigenvalue weighted by Crippen LogP contribution is -2.44. The summed E-state index contributed by atoms with van der Waals surface area (Å²) in [6.45, 7) is 1.47. The zero-order chi connectivity index (χ0) is 22.2. The highest BCUT2D eigenvalue weighted by Crippen LogP contribution is 2.35. The van der Waals surface area contributed by atoms with Crippen molar-refractivity contribution in [3.8, 4) is 0 Å². The Bertz CT molecular complexity index is 874. The topological polar surface area (TPSA) is 73.8 Å². The van der Waals surface area contributed by atoms with Crippen LogP contribution in [0.2, 0.25) is 0 Å². The maximum Gasteiger partial charge on any atom is 0.417 e. The van der Waals surface area contributed by atoms with Crippen LogP contribution in [-0.4, -0.2) is 65.2 Å². The van der Waals surface area contributed by atoms with Crippen molar-refractivity contribution in [1.82, 2.24) is 14.8 Å². The molecule has 2 aliphatic heterocycles. The highest BCUT2D eigenvalue weighted by atomic mass is 19.4. The van der Waals surface area contributed by atoms with Gasteiger partial charge in [-0.25, -0.2) is 4.98 Å². The number of nitrogens with zero attached hydrogens (tertiary/aromatic N) is 4. The quantitative estimate of drug-likeness (QED) is 0.536. The molecule has 1 aliphatic carbocycles. The van der Waals surface area contributed by atoms with Crippen molar-refractivity contribution in [2.24, 2.45) is 11.8 Å². The minimum absolute atomic E-state index is 0.261. The van der Waals surface area contributed by atoms with Gasteiger partial charge in [-0.05, 0) is 31.4 Å². The molecule has 1 aromatic heterocycles. The van der Waals surface area contributed by atoms with Gasteiger partial charge in [-0.1, -0.05) is 12.2 Å². The molecule has 10 heteroatoms. The molecule has 0 aromatic carbocycles. The van der Waals surface area contributed by atoms with Crippen molar-refractivity contribution in [3.05, 3.63) is 36.0 Å². The summed E-state index contributed by atoms with van der Waals surface area (Å²) in [6.07, 6.45) is 1.82. The Kier molecular flexibility index (Phi) is 5.72. The molecular formula is C21H23F3N4O3. The average Bonchev–Trinajstić information content (AvgIpc) is 2.93. The number of rotatable bonds is 3. The number of fused-ring (bicyclic) bond motifs is 1. The molecule has 0 N–H and O–H groups in total. The van der Waals surface area contributed by atoms with Crippen LogP contribution in [0.3, 0.4) is 0 Å². The molecule has 0 spiro atoms. The summed E-state index contributed by atoms with van der Waals surface area (Å²) in [5, 5.41) is 0. The number of halogens is 3. The highest BCUT2D eigenvalue weighted by Gasteiger charge is 2.48. The molecule has 0 unspecified atom stereocenters. The highest BCUT2D eigenvalue weighted by molar-refractivity contribution is 6.07. The summed E-state index contributed by atoms with van der Waals surface area (Å²) < 4.78 is 38.2. The number of imide groups is 1. The van der Waals surface area contributed by atoms with Crippen LogP contribution in [0.1, 0.15) is 24.8 Å². The zero-order valence-electron chi connectivity index (χ0n) is 16.8. The lowest BCUT2D eigenvalue weighted by molar-refractivity contribution is -0.146. The summed E-state index contributed by atoms with van der Waals surface area (Å²) in [4.78, 5) is 46.4. The number of aromatic nitrogens is 1. The maximum absolute atomic E-state index is 12.8.